The fraction of sp³-hybridized carbons (Fsp3) is 0.900. The predicted octanol–water partition coefficient (Wildman–Crippen LogP) is 2.17. The Labute approximate surface area is 74.3 Å². The van der Waals surface area contributed by atoms with Gasteiger partial charge in [-0.3, -0.25) is 4.79 Å². The first kappa shape index (κ1) is 9.72. The summed E-state index contributed by atoms with van der Waals surface area (Å²) in [6.07, 6.45) is 4.84. The van der Waals surface area contributed by atoms with Crippen molar-refractivity contribution < 1.29 is 9.53 Å². The molecule has 0 aromatic heterocycles. The smallest absolute Gasteiger partial charge is 0.132 e. The zero-order valence-corrected chi connectivity index (χ0v) is 8.01. The molecule has 0 aromatic carbocycles. The maximum Gasteiger partial charge on any atom is 0.132 e. The molecular weight excluding hydrogens is 152 g/mol. The van der Waals surface area contributed by atoms with E-state index < -0.39 is 0 Å². The number of carbonyl (C=O) groups is 1. The standard InChI is InChI=1S/C10H18O2/c1-8(9(2)11)7-10-5-3-4-6-12-10/h8,10H,3-7H2,1-2H3. The molecule has 0 aromatic rings. The monoisotopic (exact) mass is 170 g/mol. The molecule has 1 aliphatic heterocycles. The van der Waals surface area contributed by atoms with E-state index in [0.717, 1.165) is 19.4 Å². The fourth-order valence-electron chi connectivity index (χ4n) is 1.55. The molecule has 1 fully saturated rings. The Bertz CT molecular complexity index is 148. The highest BCUT2D eigenvalue weighted by Crippen LogP contribution is 2.19. The lowest BCUT2D eigenvalue weighted by Crippen LogP contribution is -2.23. The van der Waals surface area contributed by atoms with Crippen LogP contribution in [0.2, 0.25) is 0 Å². The first-order valence-corrected chi connectivity index (χ1v) is 4.82. The van der Waals surface area contributed by atoms with E-state index in [9.17, 15) is 4.79 Å². The van der Waals surface area contributed by atoms with E-state index in [4.69, 9.17) is 4.74 Å². The van der Waals surface area contributed by atoms with Crippen molar-refractivity contribution in [3.8, 4) is 0 Å². The summed E-state index contributed by atoms with van der Waals surface area (Å²) in [6.45, 7) is 4.53. The third-order valence-corrected chi connectivity index (χ3v) is 2.58. The summed E-state index contributed by atoms with van der Waals surface area (Å²) in [7, 11) is 0. The van der Waals surface area contributed by atoms with Gasteiger partial charge in [-0.1, -0.05) is 6.92 Å². The fourth-order valence-corrected chi connectivity index (χ4v) is 1.55. The van der Waals surface area contributed by atoms with E-state index in [-0.39, 0.29) is 11.7 Å². The SMILES string of the molecule is CC(=O)C(C)CC1CCCCO1. The van der Waals surface area contributed by atoms with E-state index in [2.05, 4.69) is 0 Å². The largest absolute Gasteiger partial charge is 0.378 e. The normalized spacial score (nSPS) is 26.7. The van der Waals surface area contributed by atoms with E-state index >= 15 is 0 Å². The Hall–Kier alpha value is -0.370. The van der Waals surface area contributed by atoms with Crippen LogP contribution in [0.25, 0.3) is 0 Å². The minimum absolute atomic E-state index is 0.174. The van der Waals surface area contributed by atoms with Crippen LogP contribution in [0.15, 0.2) is 0 Å². The second-order valence-corrected chi connectivity index (χ2v) is 3.74. The number of carbonyl (C=O) groups excluding carboxylic acids is 1. The molecule has 1 saturated heterocycles. The molecule has 0 saturated carbocycles. The third kappa shape index (κ3) is 2.94. The van der Waals surface area contributed by atoms with Crippen LogP contribution < -0.4 is 0 Å². The highest BCUT2D eigenvalue weighted by atomic mass is 16.5. The Balaban J connectivity index is 2.24. The van der Waals surface area contributed by atoms with Crippen molar-refractivity contribution in [1.29, 1.82) is 0 Å². The maximum absolute atomic E-state index is 11.0. The van der Waals surface area contributed by atoms with Gasteiger partial charge in [-0.05, 0) is 32.6 Å². The van der Waals surface area contributed by atoms with E-state index in [0.29, 0.717) is 6.10 Å². The van der Waals surface area contributed by atoms with Gasteiger partial charge >= 0.3 is 0 Å². The summed E-state index contributed by atoms with van der Waals surface area (Å²) < 4.78 is 5.55. The van der Waals surface area contributed by atoms with Crippen molar-refractivity contribution in [2.45, 2.75) is 45.6 Å². The lowest BCUT2D eigenvalue weighted by Gasteiger charge is -2.24. The summed E-state index contributed by atoms with van der Waals surface area (Å²) >= 11 is 0. The Morgan fingerprint density at radius 2 is 2.33 bits per heavy atom. The zero-order valence-electron chi connectivity index (χ0n) is 8.01. The molecule has 2 nitrogen and oxygen atoms in total. The van der Waals surface area contributed by atoms with Crippen LogP contribution in [0.5, 0.6) is 0 Å². The third-order valence-electron chi connectivity index (χ3n) is 2.58. The van der Waals surface area contributed by atoms with Crippen LogP contribution in [0.3, 0.4) is 0 Å². The minimum Gasteiger partial charge on any atom is -0.378 e. The van der Waals surface area contributed by atoms with Crippen molar-refractivity contribution in [3.63, 3.8) is 0 Å². The van der Waals surface area contributed by atoms with Crippen LogP contribution in [0.4, 0.5) is 0 Å². The highest BCUT2D eigenvalue weighted by Gasteiger charge is 2.18. The average molecular weight is 170 g/mol. The molecule has 2 unspecified atom stereocenters. The number of ether oxygens (including phenoxy) is 1. The van der Waals surface area contributed by atoms with Crippen LogP contribution in [0, 0.1) is 5.92 Å². The van der Waals surface area contributed by atoms with Crippen LogP contribution in [-0.2, 0) is 9.53 Å². The molecule has 12 heavy (non-hydrogen) atoms. The van der Waals surface area contributed by atoms with E-state index in [1.807, 2.05) is 6.92 Å². The molecule has 70 valence electrons. The van der Waals surface area contributed by atoms with Crippen molar-refractivity contribution in [1.82, 2.24) is 0 Å². The van der Waals surface area contributed by atoms with Crippen molar-refractivity contribution in [2.75, 3.05) is 6.61 Å². The van der Waals surface area contributed by atoms with Crippen molar-refractivity contribution in [3.05, 3.63) is 0 Å². The lowest BCUT2D eigenvalue weighted by atomic mass is 9.96. The first-order chi connectivity index (χ1) is 5.70. The average Bonchev–Trinajstić information content (AvgIpc) is 2.06. The molecule has 0 amide bonds. The lowest BCUT2D eigenvalue weighted by molar-refractivity contribution is -0.121. The molecule has 1 heterocycles. The Morgan fingerprint density at radius 3 is 2.83 bits per heavy atom. The van der Waals surface area contributed by atoms with Gasteiger partial charge in [-0.25, -0.2) is 0 Å². The molecule has 2 atom stereocenters. The van der Waals surface area contributed by atoms with Gasteiger partial charge < -0.3 is 4.74 Å². The number of ketones is 1. The molecule has 0 N–H and O–H groups in total. The summed E-state index contributed by atoms with van der Waals surface area (Å²) in [4.78, 5) is 11.0. The first-order valence-electron chi connectivity index (χ1n) is 4.82. The number of hydrogen-bond acceptors (Lipinski definition) is 2. The highest BCUT2D eigenvalue weighted by molar-refractivity contribution is 5.77. The van der Waals surface area contributed by atoms with Gasteiger partial charge in [0.05, 0.1) is 6.10 Å². The molecule has 0 bridgehead atoms. The van der Waals surface area contributed by atoms with Crippen LogP contribution in [-0.4, -0.2) is 18.5 Å². The second-order valence-electron chi connectivity index (χ2n) is 3.74. The predicted molar refractivity (Wildman–Crippen MR) is 48.1 cm³/mol. The van der Waals surface area contributed by atoms with Gasteiger partial charge in [0.1, 0.15) is 5.78 Å². The molecular formula is C10H18O2. The minimum atomic E-state index is 0.174. The van der Waals surface area contributed by atoms with E-state index in [1.54, 1.807) is 6.92 Å². The van der Waals surface area contributed by atoms with Crippen LogP contribution >= 0.6 is 0 Å². The second kappa shape index (κ2) is 4.61. The van der Waals surface area contributed by atoms with Gasteiger partial charge in [-0.15, -0.1) is 0 Å². The summed E-state index contributed by atoms with van der Waals surface area (Å²) in [5.41, 5.74) is 0. The summed E-state index contributed by atoms with van der Waals surface area (Å²) in [6, 6.07) is 0. The quantitative estimate of drug-likeness (QED) is 0.649. The van der Waals surface area contributed by atoms with Gasteiger partial charge in [0, 0.05) is 12.5 Å². The molecule has 0 aliphatic carbocycles. The van der Waals surface area contributed by atoms with Crippen molar-refractivity contribution >= 4 is 5.78 Å². The Kier molecular flexibility index (Phi) is 3.73. The zero-order chi connectivity index (χ0) is 8.97. The molecule has 2 heteroatoms. The molecule has 0 radical (unpaired) electrons. The summed E-state index contributed by atoms with van der Waals surface area (Å²) in [5, 5.41) is 0. The molecule has 0 spiro atoms. The summed E-state index contributed by atoms with van der Waals surface area (Å²) in [5.74, 6) is 0.456. The molecule has 1 aliphatic rings. The Morgan fingerprint density at radius 1 is 1.58 bits per heavy atom. The molecule has 1 rings (SSSR count). The van der Waals surface area contributed by atoms with Crippen molar-refractivity contribution in [2.24, 2.45) is 5.92 Å². The van der Waals surface area contributed by atoms with Gasteiger partial charge in [0.25, 0.3) is 0 Å². The number of Topliss-reactive ketones (excluding diaryl/α,β-unsaturated/α-hetero) is 1. The number of hydrogen-bond donors (Lipinski definition) is 0. The maximum atomic E-state index is 11.0. The number of rotatable bonds is 3. The van der Waals surface area contributed by atoms with Crippen LogP contribution in [0.1, 0.15) is 39.5 Å². The topological polar surface area (TPSA) is 26.3 Å². The van der Waals surface area contributed by atoms with Gasteiger partial charge in [0.15, 0.2) is 0 Å². The van der Waals surface area contributed by atoms with Gasteiger partial charge in [-0.2, -0.15) is 0 Å². The van der Waals surface area contributed by atoms with Gasteiger partial charge in [0.2, 0.25) is 0 Å². The van der Waals surface area contributed by atoms with E-state index in [1.165, 1.54) is 12.8 Å².